The van der Waals surface area contributed by atoms with Crippen LogP contribution in [-0.4, -0.2) is 57.7 Å². The summed E-state index contributed by atoms with van der Waals surface area (Å²) in [6.45, 7) is 4.67. The van der Waals surface area contributed by atoms with Crippen LogP contribution in [0.4, 0.5) is 0 Å². The molecule has 1 amide bonds. The van der Waals surface area contributed by atoms with Gasteiger partial charge in [0.05, 0.1) is 12.9 Å². The van der Waals surface area contributed by atoms with E-state index < -0.39 is 10.0 Å². The molecule has 0 aromatic carbocycles. The van der Waals surface area contributed by atoms with Gasteiger partial charge in [0.25, 0.3) is 0 Å². The van der Waals surface area contributed by atoms with Gasteiger partial charge in [0, 0.05) is 32.7 Å². The van der Waals surface area contributed by atoms with Crippen LogP contribution in [0.15, 0.2) is 0 Å². The number of nitrogens with zero attached hydrogens (tertiary/aromatic N) is 1. The standard InChI is InChI=1S/C11H24N2O4S/c1-5-10(2)12-11(14)6-7-13(8-9-17-3)18(4,15)16/h10H,5-9H2,1-4H3,(H,12,14). The smallest absolute Gasteiger partial charge is 0.221 e. The molecule has 6 nitrogen and oxygen atoms in total. The number of hydrogen-bond acceptors (Lipinski definition) is 4. The van der Waals surface area contributed by atoms with Crippen molar-refractivity contribution in [2.24, 2.45) is 0 Å². The summed E-state index contributed by atoms with van der Waals surface area (Å²) in [5, 5.41) is 2.80. The number of nitrogens with one attached hydrogen (secondary N) is 1. The van der Waals surface area contributed by atoms with E-state index in [-0.39, 0.29) is 31.5 Å². The zero-order valence-electron chi connectivity index (χ0n) is 11.6. The summed E-state index contributed by atoms with van der Waals surface area (Å²) in [6, 6.07) is 0.114. The van der Waals surface area contributed by atoms with Crippen molar-refractivity contribution in [2.45, 2.75) is 32.7 Å². The van der Waals surface area contributed by atoms with Crippen LogP contribution in [-0.2, 0) is 19.6 Å². The van der Waals surface area contributed by atoms with Crippen LogP contribution in [0.1, 0.15) is 26.7 Å². The van der Waals surface area contributed by atoms with Crippen LogP contribution in [0.2, 0.25) is 0 Å². The van der Waals surface area contributed by atoms with Crippen molar-refractivity contribution in [1.82, 2.24) is 9.62 Å². The predicted octanol–water partition coefficient (Wildman–Crippen LogP) is 0.199. The third-order valence-electron chi connectivity index (χ3n) is 2.62. The van der Waals surface area contributed by atoms with E-state index in [1.807, 2.05) is 13.8 Å². The molecule has 0 aliphatic rings. The molecule has 0 heterocycles. The van der Waals surface area contributed by atoms with E-state index >= 15 is 0 Å². The summed E-state index contributed by atoms with van der Waals surface area (Å²) in [5.74, 6) is -0.129. The molecular formula is C11H24N2O4S. The second-order valence-electron chi connectivity index (χ2n) is 4.28. The van der Waals surface area contributed by atoms with Gasteiger partial charge >= 0.3 is 0 Å². The van der Waals surface area contributed by atoms with Gasteiger partial charge < -0.3 is 10.1 Å². The van der Waals surface area contributed by atoms with Crippen molar-refractivity contribution in [3.63, 3.8) is 0 Å². The summed E-state index contributed by atoms with van der Waals surface area (Å²) < 4.78 is 29.0. The van der Waals surface area contributed by atoms with E-state index in [1.54, 1.807) is 0 Å². The minimum absolute atomic E-state index is 0.114. The molecule has 0 aromatic heterocycles. The fourth-order valence-corrected chi connectivity index (χ4v) is 2.14. The van der Waals surface area contributed by atoms with Gasteiger partial charge in [-0.05, 0) is 13.3 Å². The highest BCUT2D eigenvalue weighted by Gasteiger charge is 2.17. The molecule has 0 aliphatic heterocycles. The fraction of sp³-hybridized carbons (Fsp3) is 0.909. The predicted molar refractivity (Wildman–Crippen MR) is 70.8 cm³/mol. The maximum absolute atomic E-state index is 11.6. The molecule has 1 unspecified atom stereocenters. The van der Waals surface area contributed by atoms with E-state index in [4.69, 9.17) is 4.74 Å². The molecular weight excluding hydrogens is 256 g/mol. The van der Waals surface area contributed by atoms with Crippen LogP contribution in [0.3, 0.4) is 0 Å². The van der Waals surface area contributed by atoms with Crippen molar-refractivity contribution in [3.8, 4) is 0 Å². The van der Waals surface area contributed by atoms with Crippen molar-refractivity contribution < 1.29 is 17.9 Å². The second-order valence-corrected chi connectivity index (χ2v) is 6.26. The van der Waals surface area contributed by atoms with Gasteiger partial charge in [0.1, 0.15) is 0 Å². The Labute approximate surface area is 110 Å². The average molecular weight is 280 g/mol. The molecule has 0 bridgehead atoms. The Bertz CT molecular complexity index is 343. The van der Waals surface area contributed by atoms with Crippen LogP contribution in [0.5, 0.6) is 0 Å². The monoisotopic (exact) mass is 280 g/mol. The number of ether oxygens (including phenoxy) is 1. The average Bonchev–Trinajstić information content (AvgIpc) is 2.27. The van der Waals surface area contributed by atoms with Crippen molar-refractivity contribution in [1.29, 1.82) is 0 Å². The van der Waals surface area contributed by atoms with Gasteiger partial charge in [-0.1, -0.05) is 6.92 Å². The number of methoxy groups -OCH3 is 1. The van der Waals surface area contributed by atoms with E-state index in [9.17, 15) is 13.2 Å². The Morgan fingerprint density at radius 3 is 2.44 bits per heavy atom. The maximum Gasteiger partial charge on any atom is 0.221 e. The van der Waals surface area contributed by atoms with Crippen LogP contribution in [0, 0.1) is 0 Å². The molecule has 1 atom stereocenters. The summed E-state index contributed by atoms with van der Waals surface area (Å²) >= 11 is 0. The Hall–Kier alpha value is -0.660. The lowest BCUT2D eigenvalue weighted by atomic mass is 10.2. The van der Waals surface area contributed by atoms with Gasteiger partial charge in [-0.3, -0.25) is 4.79 Å². The molecule has 108 valence electrons. The number of rotatable bonds is 9. The van der Waals surface area contributed by atoms with E-state index in [0.717, 1.165) is 12.7 Å². The highest BCUT2D eigenvalue weighted by atomic mass is 32.2. The van der Waals surface area contributed by atoms with Crippen molar-refractivity contribution in [3.05, 3.63) is 0 Å². The molecule has 0 rings (SSSR count). The second kappa shape index (κ2) is 8.44. The van der Waals surface area contributed by atoms with Gasteiger partial charge in [-0.25, -0.2) is 8.42 Å². The van der Waals surface area contributed by atoms with Crippen LogP contribution >= 0.6 is 0 Å². The topological polar surface area (TPSA) is 75.7 Å². The van der Waals surface area contributed by atoms with Crippen LogP contribution < -0.4 is 5.32 Å². The van der Waals surface area contributed by atoms with Crippen molar-refractivity contribution in [2.75, 3.05) is 33.1 Å². The minimum atomic E-state index is -3.29. The molecule has 0 fully saturated rings. The minimum Gasteiger partial charge on any atom is -0.383 e. The Morgan fingerprint density at radius 1 is 1.39 bits per heavy atom. The molecule has 0 saturated heterocycles. The quantitative estimate of drug-likeness (QED) is 0.654. The molecule has 0 spiro atoms. The fourth-order valence-electron chi connectivity index (χ4n) is 1.31. The molecule has 0 aliphatic carbocycles. The zero-order chi connectivity index (χ0) is 14.2. The van der Waals surface area contributed by atoms with Gasteiger partial charge in [-0.15, -0.1) is 0 Å². The normalized spacial score (nSPS) is 13.6. The first kappa shape index (κ1) is 17.3. The van der Waals surface area contributed by atoms with Gasteiger partial charge in [0.2, 0.25) is 15.9 Å². The Morgan fingerprint density at radius 2 is 2.00 bits per heavy atom. The molecule has 0 aromatic rings. The number of hydrogen-bond donors (Lipinski definition) is 1. The zero-order valence-corrected chi connectivity index (χ0v) is 12.4. The highest BCUT2D eigenvalue weighted by molar-refractivity contribution is 7.88. The highest BCUT2D eigenvalue weighted by Crippen LogP contribution is 2.00. The lowest BCUT2D eigenvalue weighted by Crippen LogP contribution is -2.38. The molecule has 7 heteroatoms. The Kier molecular flexibility index (Phi) is 8.13. The summed E-state index contributed by atoms with van der Waals surface area (Å²) in [6.07, 6.45) is 2.15. The summed E-state index contributed by atoms with van der Waals surface area (Å²) in [4.78, 5) is 11.6. The first-order valence-electron chi connectivity index (χ1n) is 6.04. The van der Waals surface area contributed by atoms with E-state index in [0.29, 0.717) is 6.61 Å². The first-order chi connectivity index (χ1) is 8.31. The lowest BCUT2D eigenvalue weighted by molar-refractivity contribution is -0.121. The molecule has 18 heavy (non-hydrogen) atoms. The van der Waals surface area contributed by atoms with E-state index in [1.165, 1.54) is 11.4 Å². The molecule has 0 saturated carbocycles. The van der Waals surface area contributed by atoms with Gasteiger partial charge in [-0.2, -0.15) is 4.31 Å². The van der Waals surface area contributed by atoms with Crippen molar-refractivity contribution >= 4 is 15.9 Å². The Balaban J connectivity index is 4.22. The molecule has 1 N–H and O–H groups in total. The van der Waals surface area contributed by atoms with Crippen LogP contribution in [0.25, 0.3) is 0 Å². The third kappa shape index (κ3) is 7.62. The first-order valence-corrected chi connectivity index (χ1v) is 7.89. The lowest BCUT2D eigenvalue weighted by Gasteiger charge is -2.19. The number of carbonyl (C=O) groups excluding carboxylic acids is 1. The number of carbonyl (C=O) groups is 1. The van der Waals surface area contributed by atoms with E-state index in [2.05, 4.69) is 5.32 Å². The third-order valence-corrected chi connectivity index (χ3v) is 3.93. The summed E-state index contributed by atoms with van der Waals surface area (Å²) in [7, 11) is -1.78. The molecule has 0 radical (unpaired) electrons. The summed E-state index contributed by atoms with van der Waals surface area (Å²) in [5.41, 5.74) is 0. The number of amides is 1. The van der Waals surface area contributed by atoms with Gasteiger partial charge in [0.15, 0.2) is 0 Å². The largest absolute Gasteiger partial charge is 0.383 e. The maximum atomic E-state index is 11.6. The number of sulfonamides is 1. The SMILES string of the molecule is CCC(C)NC(=O)CCN(CCOC)S(C)(=O)=O.